The Hall–Kier alpha value is -7.86. The van der Waals surface area contributed by atoms with Crippen molar-refractivity contribution in [3.8, 4) is 28.2 Å². The second-order valence-electron chi connectivity index (χ2n) is 13.9. The largest absolute Gasteiger partial charge is 0.317 e. The SMILES string of the molecule is [C-]#[N+]c1c(-c2ccc(-n3c4ccccc4c4c([N+]#[C-])cccc43)cc2)cccc1-n1c2ccccc2c2cccc(-n3c4ccccc4c4ccccc43)c21. The van der Waals surface area contributed by atoms with E-state index in [-0.39, 0.29) is 0 Å². The normalized spacial score (nSPS) is 11.6. The van der Waals surface area contributed by atoms with Crippen LogP contribution in [0.4, 0.5) is 11.4 Å². The lowest BCUT2D eigenvalue weighted by molar-refractivity contribution is 1.13. The predicted octanol–water partition coefficient (Wildman–Crippen LogP) is 13.7. The molecule has 0 aliphatic rings. The standard InChI is InChI=1S/C50H29N5/c1-51-40-20-13-25-45-48(40)39-17-6-10-24-44(39)53(45)33-30-28-32(29-31-33)34-18-11-26-46(49(34)52-2)55-43-23-9-5-16-37(43)38-19-12-27-47(50(38)55)54-41-21-7-3-14-35(41)36-15-4-8-22-42(36)54/h3-31H. The minimum absolute atomic E-state index is 0.591. The summed E-state index contributed by atoms with van der Waals surface area (Å²) >= 11 is 0. The first kappa shape index (κ1) is 30.7. The molecule has 0 aliphatic heterocycles. The topological polar surface area (TPSA) is 23.5 Å². The Kier molecular flexibility index (Phi) is 6.61. The lowest BCUT2D eigenvalue weighted by atomic mass is 10.0. The van der Waals surface area contributed by atoms with Gasteiger partial charge in [-0.05, 0) is 71.1 Å². The van der Waals surface area contributed by atoms with Crippen molar-refractivity contribution in [2.75, 3.05) is 0 Å². The highest BCUT2D eigenvalue weighted by molar-refractivity contribution is 6.16. The summed E-state index contributed by atoms with van der Waals surface area (Å²) < 4.78 is 6.89. The summed E-state index contributed by atoms with van der Waals surface area (Å²) in [6.45, 7) is 16.5. The molecule has 0 aliphatic carbocycles. The van der Waals surface area contributed by atoms with E-state index < -0.39 is 0 Å². The van der Waals surface area contributed by atoms with Gasteiger partial charge in [-0.2, -0.15) is 0 Å². The summed E-state index contributed by atoms with van der Waals surface area (Å²) in [6, 6.07) is 61.1. The molecule has 55 heavy (non-hydrogen) atoms. The molecule has 0 saturated carbocycles. The summed E-state index contributed by atoms with van der Waals surface area (Å²) in [4.78, 5) is 8.12. The highest BCUT2D eigenvalue weighted by Crippen LogP contribution is 2.44. The molecule has 11 aromatic rings. The number of fused-ring (bicyclic) bond motifs is 9. The molecule has 5 heteroatoms. The molecule has 0 fully saturated rings. The van der Waals surface area contributed by atoms with Gasteiger partial charge in [0.1, 0.15) is 0 Å². The summed E-state index contributed by atoms with van der Waals surface area (Å²) in [6.07, 6.45) is 0. The van der Waals surface area contributed by atoms with E-state index in [2.05, 4.69) is 175 Å². The van der Waals surface area contributed by atoms with Crippen molar-refractivity contribution in [2.45, 2.75) is 0 Å². The molecule has 0 atom stereocenters. The third-order valence-corrected chi connectivity index (χ3v) is 11.1. The van der Waals surface area contributed by atoms with Gasteiger partial charge in [0.25, 0.3) is 0 Å². The van der Waals surface area contributed by atoms with Crippen molar-refractivity contribution >= 4 is 76.8 Å². The molecule has 0 N–H and O–H groups in total. The van der Waals surface area contributed by atoms with Gasteiger partial charge < -0.3 is 13.7 Å². The van der Waals surface area contributed by atoms with Crippen LogP contribution < -0.4 is 0 Å². The summed E-state index contributed by atoms with van der Waals surface area (Å²) in [7, 11) is 0. The quantitative estimate of drug-likeness (QED) is 0.163. The fourth-order valence-corrected chi connectivity index (χ4v) is 8.84. The van der Waals surface area contributed by atoms with Crippen molar-refractivity contribution in [3.05, 3.63) is 199 Å². The molecular weight excluding hydrogens is 671 g/mol. The van der Waals surface area contributed by atoms with Gasteiger partial charge in [-0.25, -0.2) is 9.69 Å². The molecule has 8 aromatic carbocycles. The molecule has 5 nitrogen and oxygen atoms in total. The van der Waals surface area contributed by atoms with Gasteiger partial charge in [0.05, 0.1) is 52.1 Å². The van der Waals surface area contributed by atoms with Crippen LogP contribution in [0.2, 0.25) is 0 Å². The number of hydrogen-bond donors (Lipinski definition) is 0. The van der Waals surface area contributed by atoms with E-state index in [4.69, 9.17) is 13.1 Å². The molecule has 11 rings (SSSR count). The maximum absolute atomic E-state index is 8.66. The summed E-state index contributed by atoms with van der Waals surface area (Å²) in [5.74, 6) is 0. The molecule has 0 amide bonds. The van der Waals surface area contributed by atoms with Crippen LogP contribution in [0.15, 0.2) is 176 Å². The van der Waals surface area contributed by atoms with Gasteiger partial charge in [-0.1, -0.05) is 121 Å². The lowest BCUT2D eigenvalue weighted by Gasteiger charge is -2.17. The number of nitrogens with zero attached hydrogens (tertiary/aromatic N) is 5. The van der Waals surface area contributed by atoms with Gasteiger partial charge in [0.15, 0.2) is 5.69 Å². The zero-order valence-corrected chi connectivity index (χ0v) is 29.5. The molecular formula is C50H29N5. The van der Waals surface area contributed by atoms with Crippen LogP contribution in [-0.4, -0.2) is 13.7 Å². The van der Waals surface area contributed by atoms with Gasteiger partial charge >= 0.3 is 0 Å². The van der Waals surface area contributed by atoms with Crippen LogP contribution in [-0.2, 0) is 0 Å². The highest BCUT2D eigenvalue weighted by atomic mass is 15.1. The maximum atomic E-state index is 8.66. The number of aromatic nitrogens is 3. The van der Waals surface area contributed by atoms with Crippen molar-refractivity contribution in [2.24, 2.45) is 0 Å². The third-order valence-electron chi connectivity index (χ3n) is 11.1. The molecule has 3 heterocycles. The fraction of sp³-hybridized carbons (Fsp3) is 0. The molecule has 0 spiro atoms. The minimum Gasteiger partial charge on any atom is -0.317 e. The first-order valence-corrected chi connectivity index (χ1v) is 18.3. The van der Waals surface area contributed by atoms with Gasteiger partial charge in [-0.3, -0.25) is 0 Å². The molecule has 0 unspecified atom stereocenters. The number of para-hydroxylation sites is 6. The van der Waals surface area contributed by atoms with E-state index in [1.807, 2.05) is 24.3 Å². The Balaban J connectivity index is 1.14. The summed E-state index contributed by atoms with van der Waals surface area (Å²) in [5, 5.41) is 6.70. The van der Waals surface area contributed by atoms with Crippen LogP contribution in [0.1, 0.15) is 0 Å². The zero-order chi connectivity index (χ0) is 36.6. The Bertz CT molecular complexity index is 3400. The fourth-order valence-electron chi connectivity index (χ4n) is 8.84. The molecule has 0 radical (unpaired) electrons. The Morgan fingerprint density at radius 1 is 0.364 bits per heavy atom. The monoisotopic (exact) mass is 699 g/mol. The molecule has 3 aromatic heterocycles. The van der Waals surface area contributed by atoms with E-state index in [0.717, 1.165) is 82.8 Å². The van der Waals surface area contributed by atoms with Crippen LogP contribution in [0, 0.1) is 13.1 Å². The van der Waals surface area contributed by atoms with Crippen LogP contribution >= 0.6 is 0 Å². The smallest absolute Gasteiger partial charge is 0.218 e. The number of benzene rings is 8. The van der Waals surface area contributed by atoms with E-state index in [9.17, 15) is 0 Å². The molecule has 0 bridgehead atoms. The molecule has 0 saturated heterocycles. The highest BCUT2D eigenvalue weighted by Gasteiger charge is 2.22. The van der Waals surface area contributed by atoms with E-state index in [1.54, 1.807) is 0 Å². The van der Waals surface area contributed by atoms with Crippen molar-refractivity contribution in [1.82, 2.24) is 13.7 Å². The first-order valence-electron chi connectivity index (χ1n) is 18.3. The molecule has 254 valence electrons. The van der Waals surface area contributed by atoms with Crippen molar-refractivity contribution < 1.29 is 0 Å². The third kappa shape index (κ3) is 4.33. The second-order valence-corrected chi connectivity index (χ2v) is 13.9. The lowest BCUT2D eigenvalue weighted by Crippen LogP contribution is -2.01. The number of hydrogen-bond acceptors (Lipinski definition) is 0. The first-order chi connectivity index (χ1) is 27.2. The zero-order valence-electron chi connectivity index (χ0n) is 29.5. The van der Waals surface area contributed by atoms with Crippen molar-refractivity contribution in [3.63, 3.8) is 0 Å². The average molecular weight is 700 g/mol. The average Bonchev–Trinajstić information content (AvgIpc) is 3.89. The van der Waals surface area contributed by atoms with Crippen LogP contribution in [0.25, 0.3) is 103 Å². The van der Waals surface area contributed by atoms with E-state index in [0.29, 0.717) is 11.4 Å². The predicted molar refractivity (Wildman–Crippen MR) is 227 cm³/mol. The van der Waals surface area contributed by atoms with E-state index in [1.165, 1.54) is 10.8 Å². The van der Waals surface area contributed by atoms with Crippen LogP contribution in [0.5, 0.6) is 0 Å². The second kappa shape index (κ2) is 11.8. The Morgan fingerprint density at radius 3 is 1.53 bits per heavy atom. The Morgan fingerprint density at radius 2 is 0.873 bits per heavy atom. The van der Waals surface area contributed by atoms with Gasteiger partial charge in [0.2, 0.25) is 5.69 Å². The summed E-state index contributed by atoms with van der Waals surface area (Å²) in [5.41, 5.74) is 12.4. The van der Waals surface area contributed by atoms with Crippen molar-refractivity contribution in [1.29, 1.82) is 0 Å². The van der Waals surface area contributed by atoms with Gasteiger partial charge in [-0.15, -0.1) is 0 Å². The van der Waals surface area contributed by atoms with Crippen LogP contribution in [0.3, 0.4) is 0 Å². The van der Waals surface area contributed by atoms with E-state index >= 15 is 0 Å². The number of rotatable bonds is 4. The van der Waals surface area contributed by atoms with Gasteiger partial charge in [0, 0.05) is 38.1 Å². The Labute approximate surface area is 316 Å². The maximum Gasteiger partial charge on any atom is 0.218 e. The minimum atomic E-state index is 0.591.